The third-order valence-corrected chi connectivity index (χ3v) is 6.88. The number of alkyl halides is 6. The highest BCUT2D eigenvalue weighted by molar-refractivity contribution is 5.64. The van der Waals surface area contributed by atoms with Gasteiger partial charge in [0.1, 0.15) is 35.8 Å². The second kappa shape index (κ2) is 11.7. The van der Waals surface area contributed by atoms with E-state index in [0.717, 1.165) is 12.3 Å². The van der Waals surface area contributed by atoms with Crippen molar-refractivity contribution in [2.45, 2.75) is 74.7 Å². The van der Waals surface area contributed by atoms with Crippen LogP contribution in [0.2, 0.25) is 0 Å². The minimum absolute atomic E-state index is 0.165. The topological polar surface area (TPSA) is 158 Å². The number of ether oxygens (including phenoxy) is 2. The molecule has 0 radical (unpaired) electrons. The monoisotopic (exact) mass is 583 g/mol. The van der Waals surface area contributed by atoms with Gasteiger partial charge in [-0.2, -0.15) is 26.3 Å². The van der Waals surface area contributed by atoms with E-state index in [2.05, 4.69) is 15.0 Å². The predicted molar refractivity (Wildman–Crippen MR) is 122 cm³/mol. The maximum Gasteiger partial charge on any atom is 0.435 e. The highest BCUT2D eigenvalue weighted by atomic mass is 19.4. The minimum Gasteiger partial charge on any atom is -0.471 e. The number of aliphatic hydroxyl groups excluding tert-OH is 5. The van der Waals surface area contributed by atoms with Gasteiger partial charge in [-0.15, -0.1) is 0 Å². The van der Waals surface area contributed by atoms with E-state index in [1.807, 2.05) is 0 Å². The number of halogens is 6. The molecule has 1 saturated heterocycles. The zero-order valence-electron chi connectivity index (χ0n) is 20.7. The molecule has 2 aromatic heterocycles. The highest BCUT2D eigenvalue weighted by Gasteiger charge is 2.41. The first-order chi connectivity index (χ1) is 18.7. The summed E-state index contributed by atoms with van der Waals surface area (Å²) in [6.07, 6.45) is -16.7. The van der Waals surface area contributed by atoms with Crippen LogP contribution in [0.1, 0.15) is 36.3 Å². The van der Waals surface area contributed by atoms with E-state index in [1.54, 1.807) is 0 Å². The summed E-state index contributed by atoms with van der Waals surface area (Å²) in [7, 11) is 0. The Labute approximate surface area is 223 Å². The second-order valence-corrected chi connectivity index (χ2v) is 9.78. The molecule has 2 fully saturated rings. The molecule has 2 aromatic rings. The van der Waals surface area contributed by atoms with Crippen molar-refractivity contribution < 1.29 is 61.3 Å². The van der Waals surface area contributed by atoms with Crippen molar-refractivity contribution in [3.8, 4) is 17.1 Å². The zero-order chi connectivity index (χ0) is 29.4. The second-order valence-electron chi connectivity index (χ2n) is 9.78. The van der Waals surface area contributed by atoms with Crippen LogP contribution in [0.25, 0.3) is 11.3 Å². The minimum atomic E-state index is -5.16. The SMILES string of the molecule is OC[C@H]1OCC(Cc2cnc(-c3cc(O[C@H]4CCC[C@H](O)[C@@H]4O)nc(C(F)(F)F)c3)c(C(F)(F)F)n2)[C@@H](O)[C@H]1O. The molecular formula is C24H27F6N3O7. The standard InChI is InChI=1S/C24H27F6N3O7/c25-23(26,27)16-5-10(6-17(33-16)40-14-3-1-2-13(35)20(14)37)18-22(24(28,29)30)32-12(7-31-18)4-11-9-39-15(8-34)21(38)19(11)36/h5-7,11,13-15,19-21,34-38H,1-4,8-9H2/t11?,13-,14-,15+,19+,20-,21-/m0/s1. The van der Waals surface area contributed by atoms with E-state index >= 15 is 0 Å². The number of pyridine rings is 1. The molecule has 16 heteroatoms. The molecule has 10 nitrogen and oxygen atoms in total. The normalized spacial score (nSPS) is 29.8. The van der Waals surface area contributed by atoms with Crippen molar-refractivity contribution >= 4 is 0 Å². The van der Waals surface area contributed by atoms with Crippen molar-refractivity contribution in [2.75, 3.05) is 13.2 Å². The number of nitrogens with zero attached hydrogens (tertiary/aromatic N) is 3. The van der Waals surface area contributed by atoms with E-state index in [0.29, 0.717) is 12.5 Å². The molecular weight excluding hydrogens is 556 g/mol. The summed E-state index contributed by atoms with van der Waals surface area (Å²) in [5.41, 5.74) is -5.06. The first kappa shape index (κ1) is 30.3. The fraction of sp³-hybridized carbons (Fsp3) is 0.625. The van der Waals surface area contributed by atoms with Gasteiger partial charge in [-0.3, -0.25) is 4.98 Å². The Kier molecular flexibility index (Phi) is 8.87. The van der Waals surface area contributed by atoms with E-state index in [-0.39, 0.29) is 31.6 Å². The molecule has 0 bridgehead atoms. The first-order valence-corrected chi connectivity index (χ1v) is 12.3. The van der Waals surface area contributed by atoms with Crippen molar-refractivity contribution in [1.29, 1.82) is 0 Å². The summed E-state index contributed by atoms with van der Waals surface area (Å²) in [5.74, 6) is -1.63. The Morgan fingerprint density at radius 3 is 2.30 bits per heavy atom. The summed E-state index contributed by atoms with van der Waals surface area (Å²) in [6.45, 7) is -0.800. The Hall–Kier alpha value is -2.63. The summed E-state index contributed by atoms with van der Waals surface area (Å²) in [4.78, 5) is 10.7. The summed E-state index contributed by atoms with van der Waals surface area (Å²) in [5, 5.41) is 49.5. The molecule has 4 rings (SSSR count). The molecule has 1 unspecified atom stereocenters. The smallest absolute Gasteiger partial charge is 0.435 e. The van der Waals surface area contributed by atoms with Gasteiger partial charge in [0.25, 0.3) is 0 Å². The zero-order valence-corrected chi connectivity index (χ0v) is 20.7. The first-order valence-electron chi connectivity index (χ1n) is 12.3. The van der Waals surface area contributed by atoms with Gasteiger partial charge in [-0.1, -0.05) is 0 Å². The van der Waals surface area contributed by atoms with E-state index < -0.39 is 90.0 Å². The van der Waals surface area contributed by atoms with Crippen molar-refractivity contribution in [3.05, 3.63) is 35.4 Å². The van der Waals surface area contributed by atoms with Gasteiger partial charge >= 0.3 is 12.4 Å². The van der Waals surface area contributed by atoms with Crippen LogP contribution in [-0.4, -0.2) is 90.3 Å². The van der Waals surface area contributed by atoms with Crippen LogP contribution < -0.4 is 4.74 Å². The van der Waals surface area contributed by atoms with Crippen LogP contribution in [0.3, 0.4) is 0 Å². The number of rotatable bonds is 6. The third-order valence-electron chi connectivity index (χ3n) is 6.88. The molecule has 2 aliphatic rings. The largest absolute Gasteiger partial charge is 0.471 e. The van der Waals surface area contributed by atoms with Crippen LogP contribution >= 0.6 is 0 Å². The predicted octanol–water partition coefficient (Wildman–Crippen LogP) is 1.50. The number of aliphatic hydroxyl groups is 5. The van der Waals surface area contributed by atoms with Crippen molar-refractivity contribution in [1.82, 2.24) is 15.0 Å². The number of hydrogen-bond donors (Lipinski definition) is 5. The fourth-order valence-corrected chi connectivity index (χ4v) is 4.73. The lowest BCUT2D eigenvalue weighted by Gasteiger charge is -2.36. The molecule has 0 spiro atoms. The Morgan fingerprint density at radius 2 is 1.65 bits per heavy atom. The number of hydrogen-bond acceptors (Lipinski definition) is 10. The Bertz CT molecular complexity index is 1180. The van der Waals surface area contributed by atoms with Crippen molar-refractivity contribution in [2.24, 2.45) is 5.92 Å². The van der Waals surface area contributed by atoms with Crippen LogP contribution in [0.5, 0.6) is 5.88 Å². The molecule has 3 heterocycles. The number of aromatic nitrogens is 3. The summed E-state index contributed by atoms with van der Waals surface area (Å²) in [6, 6.07) is 1.17. The maximum atomic E-state index is 14.1. The highest BCUT2D eigenvalue weighted by Crippen LogP contribution is 2.39. The lowest BCUT2D eigenvalue weighted by Crippen LogP contribution is -2.52. The average molecular weight is 583 g/mol. The Balaban J connectivity index is 1.69. The molecule has 5 N–H and O–H groups in total. The van der Waals surface area contributed by atoms with Crippen LogP contribution in [0.4, 0.5) is 26.3 Å². The molecule has 1 aliphatic heterocycles. The van der Waals surface area contributed by atoms with Gasteiger partial charge in [-0.05, 0) is 31.7 Å². The van der Waals surface area contributed by atoms with Crippen molar-refractivity contribution in [3.63, 3.8) is 0 Å². The van der Waals surface area contributed by atoms with Gasteiger partial charge in [-0.25, -0.2) is 9.97 Å². The van der Waals surface area contributed by atoms with Crippen LogP contribution in [0.15, 0.2) is 18.3 Å². The fourth-order valence-electron chi connectivity index (χ4n) is 4.73. The van der Waals surface area contributed by atoms with Gasteiger partial charge in [0.2, 0.25) is 5.88 Å². The van der Waals surface area contributed by atoms with E-state index in [4.69, 9.17) is 9.47 Å². The molecule has 222 valence electrons. The molecule has 40 heavy (non-hydrogen) atoms. The third kappa shape index (κ3) is 6.63. The lowest BCUT2D eigenvalue weighted by molar-refractivity contribution is -0.174. The quantitative estimate of drug-likeness (QED) is 0.316. The summed E-state index contributed by atoms with van der Waals surface area (Å²) < 4.78 is 93.7. The van der Waals surface area contributed by atoms with Gasteiger partial charge in [0.15, 0.2) is 5.69 Å². The van der Waals surface area contributed by atoms with Gasteiger partial charge < -0.3 is 35.0 Å². The molecule has 1 aliphatic carbocycles. The van der Waals surface area contributed by atoms with Gasteiger partial charge in [0, 0.05) is 23.7 Å². The lowest BCUT2D eigenvalue weighted by atomic mass is 9.89. The molecule has 7 atom stereocenters. The average Bonchev–Trinajstić information content (AvgIpc) is 2.88. The molecule has 0 aromatic carbocycles. The van der Waals surface area contributed by atoms with E-state index in [9.17, 15) is 51.9 Å². The summed E-state index contributed by atoms with van der Waals surface area (Å²) >= 11 is 0. The van der Waals surface area contributed by atoms with Crippen LogP contribution in [0, 0.1) is 5.92 Å². The molecule has 0 amide bonds. The maximum absolute atomic E-state index is 14.1. The van der Waals surface area contributed by atoms with Gasteiger partial charge in [0.05, 0.1) is 31.1 Å². The van der Waals surface area contributed by atoms with E-state index in [1.165, 1.54) is 0 Å². The molecule has 1 saturated carbocycles. The Morgan fingerprint density at radius 1 is 0.925 bits per heavy atom. The van der Waals surface area contributed by atoms with Crippen LogP contribution in [-0.2, 0) is 23.5 Å².